The van der Waals surface area contributed by atoms with Crippen LogP contribution in [0.2, 0.25) is 10.0 Å². The van der Waals surface area contributed by atoms with Gasteiger partial charge in [-0.15, -0.1) is 0 Å². The highest BCUT2D eigenvalue weighted by molar-refractivity contribution is 6.30. The second-order valence-electron chi connectivity index (χ2n) is 7.04. The van der Waals surface area contributed by atoms with Gasteiger partial charge in [-0.3, -0.25) is 0 Å². The summed E-state index contributed by atoms with van der Waals surface area (Å²) in [5, 5.41) is 4.90. The Bertz CT molecular complexity index is 837. The second-order valence-corrected chi connectivity index (χ2v) is 7.91. The van der Waals surface area contributed by atoms with Gasteiger partial charge in [-0.2, -0.15) is 0 Å². The number of benzene rings is 3. The molecule has 3 rings (SSSR count). The summed E-state index contributed by atoms with van der Waals surface area (Å²) in [6.07, 6.45) is 0.636. The fourth-order valence-electron chi connectivity index (χ4n) is 3.19. The first-order chi connectivity index (χ1) is 14.0. The van der Waals surface area contributed by atoms with Crippen molar-refractivity contribution in [2.45, 2.75) is 25.5 Å². The Morgan fingerprint density at radius 3 is 1.93 bits per heavy atom. The van der Waals surface area contributed by atoms with E-state index in [1.54, 1.807) is 12.1 Å². The number of rotatable bonds is 9. The van der Waals surface area contributed by atoms with Crippen molar-refractivity contribution in [3.8, 4) is 0 Å². The lowest BCUT2D eigenvalue weighted by Crippen LogP contribution is -2.31. The van der Waals surface area contributed by atoms with Crippen LogP contribution in [-0.4, -0.2) is 19.2 Å². The molecule has 0 spiro atoms. The average molecular weight is 432 g/mol. The van der Waals surface area contributed by atoms with E-state index < -0.39 is 0 Å². The lowest BCUT2D eigenvalue weighted by Gasteiger charge is -2.20. The summed E-state index contributed by atoms with van der Waals surface area (Å²) in [5.41, 5.74) is 3.12. The number of ether oxygens (including phenoxy) is 1. The molecule has 0 unspecified atom stereocenters. The largest absolute Gasteiger partial charge is 0.367 e. The maximum Gasteiger partial charge on any atom is 0.123 e. The molecular weight excluding hydrogens is 408 g/mol. The Morgan fingerprint density at radius 2 is 1.34 bits per heavy atom. The highest BCUT2D eigenvalue weighted by atomic mass is 35.5. The van der Waals surface area contributed by atoms with Crippen LogP contribution in [0, 0.1) is 5.82 Å². The van der Waals surface area contributed by atoms with E-state index >= 15 is 0 Å². The van der Waals surface area contributed by atoms with Crippen LogP contribution < -0.4 is 5.32 Å². The zero-order chi connectivity index (χ0) is 20.6. The SMILES string of the molecule is C[C@H](Cc1ccc(Cl)cc1)NCCO[C@H](c1ccc(F)cc1)c1ccc(Cl)cc1. The normalized spacial score (nSPS) is 13.2. The van der Waals surface area contributed by atoms with Crippen LogP contribution in [0.4, 0.5) is 4.39 Å². The molecule has 0 radical (unpaired) electrons. The monoisotopic (exact) mass is 431 g/mol. The lowest BCUT2D eigenvalue weighted by atomic mass is 10.0. The van der Waals surface area contributed by atoms with Crippen LogP contribution in [0.3, 0.4) is 0 Å². The molecule has 1 N–H and O–H groups in total. The molecule has 2 atom stereocenters. The van der Waals surface area contributed by atoms with E-state index in [4.69, 9.17) is 27.9 Å². The standard InChI is InChI=1S/C24H24Cl2FNO/c1-17(16-18-2-8-21(25)9-3-18)28-14-15-29-24(19-4-10-22(26)11-5-19)20-6-12-23(27)13-7-20/h2-13,17,24,28H,14-16H2,1H3/t17-,24+/m1/s1. The third-order valence-corrected chi connectivity index (χ3v) is 5.18. The summed E-state index contributed by atoms with van der Waals surface area (Å²) in [6.45, 7) is 3.38. The summed E-state index contributed by atoms with van der Waals surface area (Å²) in [7, 11) is 0. The van der Waals surface area contributed by atoms with Gasteiger partial charge in [0.1, 0.15) is 11.9 Å². The van der Waals surface area contributed by atoms with Crippen molar-refractivity contribution in [1.82, 2.24) is 5.32 Å². The lowest BCUT2D eigenvalue weighted by molar-refractivity contribution is 0.0808. The molecule has 0 heterocycles. The maximum atomic E-state index is 13.3. The molecule has 3 aromatic rings. The van der Waals surface area contributed by atoms with Crippen molar-refractivity contribution in [3.63, 3.8) is 0 Å². The third kappa shape index (κ3) is 6.83. The van der Waals surface area contributed by atoms with Gasteiger partial charge >= 0.3 is 0 Å². The smallest absolute Gasteiger partial charge is 0.123 e. The first-order valence-corrected chi connectivity index (χ1v) is 10.4. The Labute approximate surface area is 181 Å². The Hall–Kier alpha value is -1.91. The van der Waals surface area contributed by atoms with Crippen molar-refractivity contribution < 1.29 is 9.13 Å². The van der Waals surface area contributed by atoms with E-state index in [1.165, 1.54) is 17.7 Å². The molecule has 0 aromatic heterocycles. The van der Waals surface area contributed by atoms with E-state index in [2.05, 4.69) is 12.2 Å². The van der Waals surface area contributed by atoms with E-state index in [0.29, 0.717) is 24.2 Å². The van der Waals surface area contributed by atoms with E-state index in [9.17, 15) is 4.39 Å². The van der Waals surface area contributed by atoms with Crippen LogP contribution >= 0.6 is 23.2 Å². The van der Waals surface area contributed by atoms with Gasteiger partial charge in [0.05, 0.1) is 6.61 Å². The molecule has 0 aliphatic rings. The minimum absolute atomic E-state index is 0.263. The van der Waals surface area contributed by atoms with Gasteiger partial charge in [0.2, 0.25) is 0 Å². The first kappa shape index (κ1) is 21.8. The predicted octanol–water partition coefficient (Wildman–Crippen LogP) is 6.46. The van der Waals surface area contributed by atoms with Crippen molar-refractivity contribution in [1.29, 1.82) is 0 Å². The quantitative estimate of drug-likeness (QED) is 0.392. The molecule has 152 valence electrons. The molecule has 0 fully saturated rings. The van der Waals surface area contributed by atoms with E-state index in [0.717, 1.165) is 22.6 Å². The van der Waals surface area contributed by atoms with Gasteiger partial charge in [0.25, 0.3) is 0 Å². The molecule has 5 heteroatoms. The van der Waals surface area contributed by atoms with Crippen molar-refractivity contribution in [3.05, 3.63) is 105 Å². The predicted molar refractivity (Wildman–Crippen MR) is 118 cm³/mol. The first-order valence-electron chi connectivity index (χ1n) is 9.61. The minimum Gasteiger partial charge on any atom is -0.367 e. The minimum atomic E-state index is -0.277. The Kier molecular flexibility index (Phi) is 8.08. The average Bonchev–Trinajstić information content (AvgIpc) is 2.72. The van der Waals surface area contributed by atoms with Crippen LogP contribution in [0.25, 0.3) is 0 Å². The molecule has 0 aliphatic carbocycles. The molecule has 0 saturated carbocycles. The molecule has 0 bridgehead atoms. The van der Waals surface area contributed by atoms with Crippen LogP contribution in [-0.2, 0) is 11.2 Å². The molecule has 0 aliphatic heterocycles. The number of hydrogen-bond donors (Lipinski definition) is 1. The highest BCUT2D eigenvalue weighted by Crippen LogP contribution is 2.27. The molecule has 3 aromatic carbocycles. The van der Waals surface area contributed by atoms with E-state index in [1.807, 2.05) is 48.5 Å². The fourth-order valence-corrected chi connectivity index (χ4v) is 3.44. The number of hydrogen-bond acceptors (Lipinski definition) is 2. The van der Waals surface area contributed by atoms with Gasteiger partial charge in [-0.1, -0.05) is 59.6 Å². The van der Waals surface area contributed by atoms with Gasteiger partial charge < -0.3 is 10.1 Å². The van der Waals surface area contributed by atoms with Gasteiger partial charge in [0.15, 0.2) is 0 Å². The van der Waals surface area contributed by atoms with Crippen molar-refractivity contribution >= 4 is 23.2 Å². The van der Waals surface area contributed by atoms with Crippen LogP contribution in [0.5, 0.6) is 0 Å². The summed E-state index contributed by atoms with van der Waals surface area (Å²) in [6, 6.07) is 22.2. The number of nitrogens with one attached hydrogen (secondary N) is 1. The number of halogens is 3. The summed E-state index contributed by atoms with van der Waals surface area (Å²) >= 11 is 12.0. The Morgan fingerprint density at radius 1 is 0.828 bits per heavy atom. The molecular formula is C24H24Cl2FNO. The summed E-state index contributed by atoms with van der Waals surface area (Å²) in [4.78, 5) is 0. The third-order valence-electron chi connectivity index (χ3n) is 4.68. The topological polar surface area (TPSA) is 21.3 Å². The van der Waals surface area contributed by atoms with Gasteiger partial charge in [-0.25, -0.2) is 4.39 Å². The van der Waals surface area contributed by atoms with Crippen molar-refractivity contribution in [2.75, 3.05) is 13.2 Å². The van der Waals surface area contributed by atoms with Gasteiger partial charge in [-0.05, 0) is 66.4 Å². The summed E-state index contributed by atoms with van der Waals surface area (Å²) in [5.74, 6) is -0.263. The van der Waals surface area contributed by atoms with Crippen LogP contribution in [0.1, 0.15) is 29.7 Å². The molecule has 29 heavy (non-hydrogen) atoms. The highest BCUT2D eigenvalue weighted by Gasteiger charge is 2.15. The van der Waals surface area contributed by atoms with Crippen LogP contribution in [0.15, 0.2) is 72.8 Å². The summed E-state index contributed by atoms with van der Waals surface area (Å²) < 4.78 is 19.5. The zero-order valence-electron chi connectivity index (χ0n) is 16.2. The maximum absolute atomic E-state index is 13.3. The van der Waals surface area contributed by atoms with Gasteiger partial charge in [0, 0.05) is 22.6 Å². The molecule has 0 amide bonds. The molecule has 0 saturated heterocycles. The fraction of sp³-hybridized carbons (Fsp3) is 0.250. The molecule has 2 nitrogen and oxygen atoms in total. The van der Waals surface area contributed by atoms with Crippen molar-refractivity contribution in [2.24, 2.45) is 0 Å². The Balaban J connectivity index is 1.56. The second kappa shape index (κ2) is 10.7. The zero-order valence-corrected chi connectivity index (χ0v) is 17.8. The van der Waals surface area contributed by atoms with E-state index in [-0.39, 0.29) is 11.9 Å².